The second-order valence-corrected chi connectivity index (χ2v) is 8.14. The van der Waals surface area contributed by atoms with E-state index in [0.29, 0.717) is 0 Å². The molecule has 3 aliphatic rings. The Hall–Kier alpha value is -0.0800. The minimum absolute atomic E-state index is 0.182. The molecule has 2 nitrogen and oxygen atoms in total. The van der Waals surface area contributed by atoms with Crippen LogP contribution < -0.4 is 5.73 Å². The number of nitrogens with two attached hydrogens (primary N) is 1. The van der Waals surface area contributed by atoms with Crippen molar-refractivity contribution in [2.24, 2.45) is 5.73 Å². The quantitative estimate of drug-likeness (QED) is 0.801. The zero-order chi connectivity index (χ0) is 14.5. The fraction of sp³-hybridized carbons (Fsp3) is 1.00. The highest BCUT2D eigenvalue weighted by Crippen LogP contribution is 2.34. The molecule has 0 amide bonds. The summed E-state index contributed by atoms with van der Waals surface area (Å²) < 4.78 is 0. The molecule has 0 atom stereocenters. The molecule has 3 aliphatic carbocycles. The maximum atomic E-state index is 6.64. The van der Waals surface area contributed by atoms with Gasteiger partial charge in [-0.15, -0.1) is 0 Å². The average Bonchev–Trinajstić information content (AvgIpc) is 2.97. The van der Waals surface area contributed by atoms with Gasteiger partial charge >= 0.3 is 0 Å². The van der Waals surface area contributed by atoms with Crippen LogP contribution in [0, 0.1) is 0 Å². The molecule has 0 bridgehead atoms. The van der Waals surface area contributed by atoms with Crippen LogP contribution in [0.4, 0.5) is 0 Å². The highest BCUT2D eigenvalue weighted by molar-refractivity contribution is 4.92. The molecule has 0 spiro atoms. The molecule has 3 saturated carbocycles. The Morgan fingerprint density at radius 1 is 0.714 bits per heavy atom. The summed E-state index contributed by atoms with van der Waals surface area (Å²) in [5.74, 6) is 0. The third kappa shape index (κ3) is 4.22. The summed E-state index contributed by atoms with van der Waals surface area (Å²) in [5.41, 5.74) is 6.82. The van der Waals surface area contributed by atoms with Gasteiger partial charge < -0.3 is 5.73 Å². The first-order valence-corrected chi connectivity index (χ1v) is 9.81. The van der Waals surface area contributed by atoms with Crippen LogP contribution in [0.1, 0.15) is 96.3 Å². The lowest BCUT2D eigenvalue weighted by Gasteiger charge is -2.43. The van der Waals surface area contributed by atoms with Crippen molar-refractivity contribution in [1.82, 2.24) is 4.90 Å². The topological polar surface area (TPSA) is 29.3 Å². The zero-order valence-corrected chi connectivity index (χ0v) is 14.0. The first-order valence-electron chi connectivity index (χ1n) is 9.81. The fourth-order valence-electron chi connectivity index (χ4n) is 5.17. The Bertz CT molecular complexity index is 279. The molecule has 3 fully saturated rings. The molecule has 0 radical (unpaired) electrons. The van der Waals surface area contributed by atoms with Gasteiger partial charge in [-0.05, 0) is 44.9 Å². The fourth-order valence-corrected chi connectivity index (χ4v) is 5.17. The highest BCUT2D eigenvalue weighted by atomic mass is 15.2. The van der Waals surface area contributed by atoms with Crippen molar-refractivity contribution in [2.75, 3.05) is 6.54 Å². The van der Waals surface area contributed by atoms with Crippen LogP contribution in [-0.4, -0.2) is 29.1 Å². The lowest BCUT2D eigenvalue weighted by molar-refractivity contribution is 0.0724. The van der Waals surface area contributed by atoms with Crippen molar-refractivity contribution in [3.05, 3.63) is 0 Å². The van der Waals surface area contributed by atoms with Gasteiger partial charge in [-0.25, -0.2) is 0 Å². The average molecular weight is 293 g/mol. The molecule has 0 unspecified atom stereocenters. The van der Waals surface area contributed by atoms with Gasteiger partial charge in [0.15, 0.2) is 0 Å². The van der Waals surface area contributed by atoms with Crippen LogP contribution in [0.25, 0.3) is 0 Å². The van der Waals surface area contributed by atoms with Gasteiger partial charge in [0.05, 0.1) is 0 Å². The molecule has 122 valence electrons. The second kappa shape index (κ2) is 7.46. The molecule has 0 heterocycles. The van der Waals surface area contributed by atoms with E-state index in [4.69, 9.17) is 5.73 Å². The smallest absolute Gasteiger partial charge is 0.0166 e. The van der Waals surface area contributed by atoms with E-state index in [1.807, 2.05) is 0 Å². The Morgan fingerprint density at radius 3 is 1.67 bits per heavy atom. The molecule has 0 aromatic heterocycles. The normalized spacial score (nSPS) is 28.3. The van der Waals surface area contributed by atoms with Gasteiger partial charge in [0, 0.05) is 24.2 Å². The van der Waals surface area contributed by atoms with Crippen molar-refractivity contribution in [3.63, 3.8) is 0 Å². The molecule has 0 aliphatic heterocycles. The summed E-state index contributed by atoms with van der Waals surface area (Å²) >= 11 is 0. The summed E-state index contributed by atoms with van der Waals surface area (Å²) in [4.78, 5) is 2.94. The third-order valence-corrected chi connectivity index (χ3v) is 6.55. The number of hydrogen-bond donors (Lipinski definition) is 1. The molecular formula is C19H36N2. The van der Waals surface area contributed by atoms with Crippen LogP contribution in [0.3, 0.4) is 0 Å². The standard InChI is InChI=1S/C19H36N2/c20-19(13-7-8-14-19)15-16-21(17-9-3-1-4-10-17)18-11-5-2-6-12-18/h17-18H,1-16,20H2. The monoisotopic (exact) mass is 292 g/mol. The minimum atomic E-state index is 0.182. The third-order valence-electron chi connectivity index (χ3n) is 6.55. The van der Waals surface area contributed by atoms with Crippen molar-refractivity contribution in [2.45, 2.75) is 114 Å². The zero-order valence-electron chi connectivity index (χ0n) is 14.0. The van der Waals surface area contributed by atoms with Gasteiger partial charge in [0.25, 0.3) is 0 Å². The van der Waals surface area contributed by atoms with Crippen LogP contribution in [-0.2, 0) is 0 Å². The van der Waals surface area contributed by atoms with Gasteiger partial charge in [0.2, 0.25) is 0 Å². The predicted octanol–water partition coefficient (Wildman–Crippen LogP) is 4.62. The summed E-state index contributed by atoms with van der Waals surface area (Å²) in [7, 11) is 0. The molecule has 2 heteroatoms. The number of nitrogens with zero attached hydrogens (tertiary/aromatic N) is 1. The van der Waals surface area contributed by atoms with E-state index in [1.54, 1.807) is 0 Å². The summed E-state index contributed by atoms with van der Waals surface area (Å²) in [6.07, 6.45) is 21.1. The van der Waals surface area contributed by atoms with Crippen LogP contribution in [0.15, 0.2) is 0 Å². The largest absolute Gasteiger partial charge is 0.325 e. The van der Waals surface area contributed by atoms with E-state index < -0.39 is 0 Å². The van der Waals surface area contributed by atoms with Gasteiger partial charge in [-0.1, -0.05) is 51.4 Å². The van der Waals surface area contributed by atoms with E-state index >= 15 is 0 Å². The lowest BCUT2D eigenvalue weighted by atomic mass is 9.87. The van der Waals surface area contributed by atoms with Crippen molar-refractivity contribution in [1.29, 1.82) is 0 Å². The molecule has 0 saturated heterocycles. The molecule has 3 rings (SSSR count). The first-order chi connectivity index (χ1) is 10.3. The van der Waals surface area contributed by atoms with Crippen molar-refractivity contribution >= 4 is 0 Å². The van der Waals surface area contributed by atoms with Gasteiger partial charge in [-0.2, -0.15) is 0 Å². The molecule has 0 aromatic rings. The first kappa shape index (κ1) is 15.8. The summed E-state index contributed by atoms with van der Waals surface area (Å²) in [6, 6.07) is 1.76. The number of rotatable bonds is 5. The summed E-state index contributed by atoms with van der Waals surface area (Å²) in [5, 5.41) is 0. The lowest BCUT2D eigenvalue weighted by Crippen LogP contribution is -2.49. The highest BCUT2D eigenvalue weighted by Gasteiger charge is 2.33. The Balaban J connectivity index is 1.59. The van der Waals surface area contributed by atoms with Crippen LogP contribution in [0.5, 0.6) is 0 Å². The maximum absolute atomic E-state index is 6.64. The summed E-state index contributed by atoms with van der Waals surface area (Å²) in [6.45, 7) is 1.28. The van der Waals surface area contributed by atoms with E-state index in [1.165, 1.54) is 103 Å². The number of hydrogen-bond acceptors (Lipinski definition) is 2. The van der Waals surface area contributed by atoms with Crippen LogP contribution >= 0.6 is 0 Å². The second-order valence-electron chi connectivity index (χ2n) is 8.14. The van der Waals surface area contributed by atoms with E-state index in [0.717, 1.165) is 12.1 Å². The Morgan fingerprint density at radius 2 is 1.19 bits per heavy atom. The minimum Gasteiger partial charge on any atom is -0.325 e. The Labute approximate surface area is 131 Å². The van der Waals surface area contributed by atoms with Crippen LogP contribution in [0.2, 0.25) is 0 Å². The SMILES string of the molecule is NC1(CCN(C2CCCCC2)C2CCCCC2)CCCC1. The maximum Gasteiger partial charge on any atom is 0.0166 e. The van der Waals surface area contributed by atoms with Gasteiger partial charge in [-0.3, -0.25) is 4.90 Å². The van der Waals surface area contributed by atoms with Crippen molar-refractivity contribution < 1.29 is 0 Å². The van der Waals surface area contributed by atoms with Crippen molar-refractivity contribution in [3.8, 4) is 0 Å². The van der Waals surface area contributed by atoms with E-state index in [2.05, 4.69) is 4.90 Å². The molecular weight excluding hydrogens is 256 g/mol. The molecule has 2 N–H and O–H groups in total. The Kier molecular flexibility index (Phi) is 5.61. The predicted molar refractivity (Wildman–Crippen MR) is 90.5 cm³/mol. The van der Waals surface area contributed by atoms with E-state index in [-0.39, 0.29) is 5.54 Å². The molecule has 21 heavy (non-hydrogen) atoms. The van der Waals surface area contributed by atoms with E-state index in [9.17, 15) is 0 Å². The van der Waals surface area contributed by atoms with Gasteiger partial charge in [0.1, 0.15) is 0 Å². The molecule has 0 aromatic carbocycles.